The van der Waals surface area contributed by atoms with Gasteiger partial charge in [-0.1, -0.05) is 19.9 Å². The molecule has 6 heteroatoms. The highest BCUT2D eigenvalue weighted by atomic mass is 16.3. The average molecular weight is 478 g/mol. The van der Waals surface area contributed by atoms with E-state index < -0.39 is 6.10 Å². The van der Waals surface area contributed by atoms with Crippen LogP contribution in [0.5, 0.6) is 0 Å². The number of pyridine rings is 1. The van der Waals surface area contributed by atoms with E-state index in [0.717, 1.165) is 48.3 Å². The standard InChI is InChI=1S/C29H39N3O3/c1-18(2)27-25-15-22(21-10-12-32(13-11-21)17-24(34)8-6-20(4)33)7-9-26(25)30-28(27)23-14-19(3)29(35)31(5)16-23/h7,9,14-16,18,20-21,30,33H,6,8,10-13,17H2,1-5H3/t20-/m0/s1. The largest absolute Gasteiger partial charge is 0.393 e. The van der Waals surface area contributed by atoms with Crippen molar-refractivity contribution in [3.63, 3.8) is 0 Å². The number of ketones is 1. The van der Waals surface area contributed by atoms with Crippen LogP contribution in [0.4, 0.5) is 0 Å². The topological polar surface area (TPSA) is 78.3 Å². The van der Waals surface area contributed by atoms with Crippen molar-refractivity contribution in [2.75, 3.05) is 19.6 Å². The summed E-state index contributed by atoms with van der Waals surface area (Å²) >= 11 is 0. The lowest BCUT2D eigenvalue weighted by molar-refractivity contribution is -0.121. The van der Waals surface area contributed by atoms with Crippen molar-refractivity contribution in [3.05, 3.63) is 57.5 Å². The minimum Gasteiger partial charge on any atom is -0.393 e. The number of hydrogen-bond donors (Lipinski definition) is 2. The van der Waals surface area contributed by atoms with Gasteiger partial charge in [-0.25, -0.2) is 0 Å². The molecule has 0 bridgehead atoms. The first-order valence-electron chi connectivity index (χ1n) is 12.9. The summed E-state index contributed by atoms with van der Waals surface area (Å²) in [5.41, 5.74) is 6.70. The number of rotatable bonds is 8. The number of likely N-dealkylation sites (tertiary alicyclic amines) is 1. The zero-order chi connectivity index (χ0) is 25.3. The molecule has 0 spiro atoms. The number of aromatic amines is 1. The maximum atomic E-state index is 12.2. The SMILES string of the molecule is Cc1cc(-c2[nH]c3ccc(C4CCN(CC(=O)CC[C@H](C)O)CC4)cc3c2C(C)C)cn(C)c1=O. The van der Waals surface area contributed by atoms with Crippen LogP contribution in [0.3, 0.4) is 0 Å². The van der Waals surface area contributed by atoms with Gasteiger partial charge >= 0.3 is 0 Å². The van der Waals surface area contributed by atoms with E-state index in [1.165, 1.54) is 16.5 Å². The highest BCUT2D eigenvalue weighted by Crippen LogP contribution is 2.38. The highest BCUT2D eigenvalue weighted by molar-refractivity contribution is 5.92. The number of aliphatic hydroxyl groups is 1. The Morgan fingerprint density at radius 2 is 1.89 bits per heavy atom. The molecule has 0 amide bonds. The second-order valence-corrected chi connectivity index (χ2v) is 10.7. The molecular weight excluding hydrogens is 438 g/mol. The Hall–Kier alpha value is -2.70. The number of aryl methyl sites for hydroxylation is 2. The maximum absolute atomic E-state index is 12.2. The van der Waals surface area contributed by atoms with Crippen molar-refractivity contribution < 1.29 is 9.90 Å². The number of carbonyl (C=O) groups is 1. The summed E-state index contributed by atoms with van der Waals surface area (Å²) in [6, 6.07) is 8.78. The molecule has 0 aliphatic carbocycles. The summed E-state index contributed by atoms with van der Waals surface area (Å²) in [5.74, 6) is 1.04. The Balaban J connectivity index is 1.55. The molecule has 188 valence electrons. The third-order valence-electron chi connectivity index (χ3n) is 7.39. The number of aliphatic hydroxyl groups excluding tert-OH is 1. The quantitative estimate of drug-likeness (QED) is 0.485. The van der Waals surface area contributed by atoms with Crippen molar-refractivity contribution in [3.8, 4) is 11.3 Å². The number of carbonyl (C=O) groups excluding carboxylic acids is 1. The van der Waals surface area contributed by atoms with Gasteiger partial charge in [0.25, 0.3) is 5.56 Å². The van der Waals surface area contributed by atoms with Crippen LogP contribution in [0.15, 0.2) is 35.3 Å². The predicted octanol–water partition coefficient (Wildman–Crippen LogP) is 4.87. The van der Waals surface area contributed by atoms with Crippen molar-refractivity contribution in [2.45, 2.75) is 71.3 Å². The van der Waals surface area contributed by atoms with Gasteiger partial charge in [0.15, 0.2) is 0 Å². The molecule has 1 aromatic carbocycles. The van der Waals surface area contributed by atoms with Crippen LogP contribution in [-0.4, -0.2) is 51.1 Å². The second kappa shape index (κ2) is 10.5. The zero-order valence-electron chi connectivity index (χ0n) is 21.7. The van der Waals surface area contributed by atoms with E-state index in [-0.39, 0.29) is 11.3 Å². The fraction of sp³-hybridized carbons (Fsp3) is 0.517. The molecular formula is C29H39N3O3. The van der Waals surface area contributed by atoms with E-state index in [9.17, 15) is 14.7 Å². The van der Waals surface area contributed by atoms with Gasteiger partial charge in [-0.2, -0.15) is 0 Å². The van der Waals surface area contributed by atoms with Gasteiger partial charge in [-0.05, 0) is 87.4 Å². The maximum Gasteiger partial charge on any atom is 0.253 e. The van der Waals surface area contributed by atoms with E-state index in [1.807, 2.05) is 26.2 Å². The lowest BCUT2D eigenvalue weighted by atomic mass is 9.87. The normalized spacial score (nSPS) is 16.3. The number of Topliss-reactive ketones (excluding diaryl/α,β-unsaturated/α-hetero) is 1. The van der Waals surface area contributed by atoms with Gasteiger partial charge in [-0.15, -0.1) is 0 Å². The van der Waals surface area contributed by atoms with Crippen LogP contribution in [0.2, 0.25) is 0 Å². The summed E-state index contributed by atoms with van der Waals surface area (Å²) in [5, 5.41) is 10.7. The van der Waals surface area contributed by atoms with Crippen LogP contribution >= 0.6 is 0 Å². The Morgan fingerprint density at radius 1 is 1.17 bits per heavy atom. The smallest absolute Gasteiger partial charge is 0.253 e. The first-order chi connectivity index (χ1) is 16.6. The molecule has 0 radical (unpaired) electrons. The van der Waals surface area contributed by atoms with E-state index in [0.29, 0.717) is 31.2 Å². The minimum atomic E-state index is -0.415. The van der Waals surface area contributed by atoms with Gasteiger partial charge in [0.2, 0.25) is 0 Å². The molecule has 35 heavy (non-hydrogen) atoms. The van der Waals surface area contributed by atoms with Gasteiger partial charge in [0.05, 0.1) is 18.3 Å². The van der Waals surface area contributed by atoms with Crippen LogP contribution in [0.1, 0.15) is 75.0 Å². The Morgan fingerprint density at radius 3 is 2.51 bits per heavy atom. The zero-order valence-corrected chi connectivity index (χ0v) is 21.7. The van der Waals surface area contributed by atoms with Crippen LogP contribution in [0.25, 0.3) is 22.2 Å². The van der Waals surface area contributed by atoms with E-state index in [2.05, 4.69) is 41.9 Å². The first kappa shape index (κ1) is 25.4. The van der Waals surface area contributed by atoms with E-state index in [4.69, 9.17) is 0 Å². The number of fused-ring (bicyclic) bond motifs is 1. The predicted molar refractivity (Wildman–Crippen MR) is 142 cm³/mol. The molecule has 3 heterocycles. The number of benzene rings is 1. The van der Waals surface area contributed by atoms with Gasteiger partial charge in [0.1, 0.15) is 5.78 Å². The molecule has 4 rings (SSSR count). The monoisotopic (exact) mass is 477 g/mol. The number of nitrogens with one attached hydrogen (secondary N) is 1. The summed E-state index contributed by atoms with van der Waals surface area (Å²) in [6.07, 6.45) is 4.60. The summed E-state index contributed by atoms with van der Waals surface area (Å²) in [7, 11) is 1.81. The number of nitrogens with zero attached hydrogens (tertiary/aromatic N) is 2. The van der Waals surface area contributed by atoms with E-state index in [1.54, 1.807) is 11.5 Å². The Labute approximate surface area is 208 Å². The summed E-state index contributed by atoms with van der Waals surface area (Å²) in [4.78, 5) is 30.3. The highest BCUT2D eigenvalue weighted by Gasteiger charge is 2.24. The summed E-state index contributed by atoms with van der Waals surface area (Å²) in [6.45, 7) is 10.4. The fourth-order valence-electron chi connectivity index (χ4n) is 5.45. The van der Waals surface area contributed by atoms with Crippen molar-refractivity contribution in [2.24, 2.45) is 7.05 Å². The lowest BCUT2D eigenvalue weighted by Crippen LogP contribution is -2.36. The number of hydrogen-bond acceptors (Lipinski definition) is 4. The van der Waals surface area contributed by atoms with Gasteiger partial charge < -0.3 is 14.7 Å². The molecule has 0 saturated carbocycles. The first-order valence-corrected chi connectivity index (χ1v) is 12.9. The van der Waals surface area contributed by atoms with E-state index >= 15 is 0 Å². The molecule has 1 atom stereocenters. The minimum absolute atomic E-state index is 0.0363. The molecule has 6 nitrogen and oxygen atoms in total. The molecule has 1 aliphatic rings. The molecule has 1 aliphatic heterocycles. The Bertz CT molecular complexity index is 1230. The van der Waals surface area contributed by atoms with Gasteiger partial charge in [-0.3, -0.25) is 14.5 Å². The van der Waals surface area contributed by atoms with Crippen molar-refractivity contribution >= 4 is 16.7 Å². The molecule has 2 N–H and O–H groups in total. The number of H-pyrrole nitrogens is 1. The third-order valence-corrected chi connectivity index (χ3v) is 7.39. The average Bonchev–Trinajstić information content (AvgIpc) is 3.20. The summed E-state index contributed by atoms with van der Waals surface area (Å²) < 4.78 is 1.66. The molecule has 3 aromatic rings. The molecule has 1 fully saturated rings. The molecule has 2 aromatic heterocycles. The molecule has 1 saturated heterocycles. The van der Waals surface area contributed by atoms with Crippen LogP contribution in [0, 0.1) is 6.92 Å². The second-order valence-electron chi connectivity index (χ2n) is 10.7. The molecule has 0 unspecified atom stereocenters. The van der Waals surface area contributed by atoms with Crippen molar-refractivity contribution in [1.82, 2.24) is 14.5 Å². The number of piperidine rings is 1. The number of aromatic nitrogens is 2. The van der Waals surface area contributed by atoms with Crippen LogP contribution < -0.4 is 5.56 Å². The van der Waals surface area contributed by atoms with Gasteiger partial charge in [0, 0.05) is 41.7 Å². The van der Waals surface area contributed by atoms with Crippen LogP contribution in [-0.2, 0) is 11.8 Å². The Kier molecular flexibility index (Phi) is 7.62. The van der Waals surface area contributed by atoms with Crippen molar-refractivity contribution in [1.29, 1.82) is 0 Å². The fourth-order valence-corrected chi connectivity index (χ4v) is 5.45. The lowest BCUT2D eigenvalue weighted by Gasteiger charge is -2.31. The third kappa shape index (κ3) is 5.60.